The topological polar surface area (TPSA) is 46.3 Å². The normalized spacial score (nSPS) is 9.95. The maximum Gasteiger partial charge on any atom is 0.243 e. The molecule has 0 bridgehead atoms. The van der Waals surface area contributed by atoms with Crippen molar-refractivity contribution in [3.05, 3.63) is 12.2 Å². The van der Waals surface area contributed by atoms with Gasteiger partial charge in [-0.1, -0.05) is 46.6 Å². The maximum atomic E-state index is 9.82. The first-order valence-electron chi connectivity index (χ1n) is 7.67. The molecule has 0 radical (unpaired) electrons. The van der Waals surface area contributed by atoms with Gasteiger partial charge >= 0.3 is 0 Å². The second-order valence-electron chi connectivity index (χ2n) is 5.05. The zero-order chi connectivity index (χ0) is 15.1. The van der Waals surface area contributed by atoms with Gasteiger partial charge < -0.3 is 10.6 Å². The molecule has 2 N–H and O–H groups in total. The van der Waals surface area contributed by atoms with E-state index in [4.69, 9.17) is 5.73 Å². The molecule has 0 saturated heterocycles. The molecule has 0 fully saturated rings. The van der Waals surface area contributed by atoms with Gasteiger partial charge in [-0.2, -0.15) is 0 Å². The summed E-state index contributed by atoms with van der Waals surface area (Å²) in [6.45, 7) is 15.6. The molecular formula is C16H34N2O. The van der Waals surface area contributed by atoms with Crippen LogP contribution in [0.2, 0.25) is 0 Å². The smallest absolute Gasteiger partial charge is 0.243 e. The van der Waals surface area contributed by atoms with Crippen molar-refractivity contribution in [2.24, 2.45) is 5.73 Å². The number of primary amides is 1. The van der Waals surface area contributed by atoms with E-state index in [1.54, 1.807) is 6.92 Å². The van der Waals surface area contributed by atoms with Crippen molar-refractivity contribution in [3.63, 3.8) is 0 Å². The molecule has 0 aromatic heterocycles. The van der Waals surface area contributed by atoms with Crippen LogP contribution in [-0.2, 0) is 4.79 Å². The summed E-state index contributed by atoms with van der Waals surface area (Å²) in [6.07, 6.45) is 8.09. The summed E-state index contributed by atoms with van der Waals surface area (Å²) < 4.78 is 0. The van der Waals surface area contributed by atoms with Crippen LogP contribution in [0.5, 0.6) is 0 Å². The van der Waals surface area contributed by atoms with E-state index in [1.165, 1.54) is 58.2 Å². The summed E-state index contributed by atoms with van der Waals surface area (Å²) in [5.74, 6) is -0.435. The highest BCUT2D eigenvalue weighted by Crippen LogP contribution is 2.01. The lowest BCUT2D eigenvalue weighted by atomic mass is 10.2. The van der Waals surface area contributed by atoms with Crippen LogP contribution in [0, 0.1) is 0 Å². The van der Waals surface area contributed by atoms with Crippen molar-refractivity contribution in [1.29, 1.82) is 0 Å². The van der Waals surface area contributed by atoms with Crippen molar-refractivity contribution in [1.82, 2.24) is 4.90 Å². The van der Waals surface area contributed by atoms with Gasteiger partial charge in [0.15, 0.2) is 0 Å². The lowest BCUT2D eigenvalue weighted by molar-refractivity contribution is -0.114. The minimum Gasteiger partial charge on any atom is -0.366 e. The SMILES string of the molecule is C=C(C)C(N)=O.CCCCN(CCCC)CCCC. The molecule has 114 valence electrons. The van der Waals surface area contributed by atoms with Gasteiger partial charge in [0, 0.05) is 5.57 Å². The van der Waals surface area contributed by atoms with Gasteiger partial charge in [-0.15, -0.1) is 0 Å². The van der Waals surface area contributed by atoms with Crippen LogP contribution in [0.1, 0.15) is 66.2 Å². The number of unbranched alkanes of at least 4 members (excludes halogenated alkanes) is 3. The lowest BCUT2D eigenvalue weighted by Gasteiger charge is -2.21. The van der Waals surface area contributed by atoms with Crippen molar-refractivity contribution < 1.29 is 4.79 Å². The van der Waals surface area contributed by atoms with E-state index in [0.29, 0.717) is 5.57 Å². The third kappa shape index (κ3) is 17.2. The molecule has 0 aliphatic heterocycles. The number of hydrogen-bond acceptors (Lipinski definition) is 2. The molecule has 19 heavy (non-hydrogen) atoms. The molecule has 0 spiro atoms. The minimum atomic E-state index is -0.435. The summed E-state index contributed by atoms with van der Waals surface area (Å²) in [6, 6.07) is 0. The maximum absolute atomic E-state index is 9.82. The van der Waals surface area contributed by atoms with Crippen LogP contribution in [0.3, 0.4) is 0 Å². The predicted octanol–water partition coefficient (Wildman–Crippen LogP) is 3.74. The molecule has 0 unspecified atom stereocenters. The molecule has 0 aliphatic carbocycles. The van der Waals surface area contributed by atoms with E-state index in [0.717, 1.165) is 0 Å². The quantitative estimate of drug-likeness (QED) is 0.615. The first-order valence-corrected chi connectivity index (χ1v) is 7.67. The second-order valence-corrected chi connectivity index (χ2v) is 5.05. The number of carbonyl (C=O) groups is 1. The van der Waals surface area contributed by atoms with E-state index in [2.05, 4.69) is 32.3 Å². The van der Waals surface area contributed by atoms with Crippen molar-refractivity contribution >= 4 is 5.91 Å². The van der Waals surface area contributed by atoms with Crippen LogP contribution in [0.25, 0.3) is 0 Å². The van der Waals surface area contributed by atoms with E-state index >= 15 is 0 Å². The zero-order valence-electron chi connectivity index (χ0n) is 13.5. The highest BCUT2D eigenvalue weighted by molar-refractivity contribution is 5.90. The fraction of sp³-hybridized carbons (Fsp3) is 0.812. The number of hydrogen-bond donors (Lipinski definition) is 1. The Morgan fingerprint density at radius 1 is 0.947 bits per heavy atom. The van der Waals surface area contributed by atoms with Gasteiger partial charge in [-0.25, -0.2) is 0 Å². The monoisotopic (exact) mass is 270 g/mol. The predicted molar refractivity (Wildman–Crippen MR) is 85.2 cm³/mol. The fourth-order valence-corrected chi connectivity index (χ4v) is 1.48. The molecule has 0 atom stereocenters. The van der Waals surface area contributed by atoms with Gasteiger partial charge in [0.1, 0.15) is 0 Å². The van der Waals surface area contributed by atoms with Gasteiger partial charge in [-0.05, 0) is 45.8 Å². The van der Waals surface area contributed by atoms with E-state index < -0.39 is 5.91 Å². The Bertz CT molecular complexity index is 196. The average Bonchev–Trinajstić information content (AvgIpc) is 2.38. The van der Waals surface area contributed by atoms with Gasteiger partial charge in [0.25, 0.3) is 0 Å². The zero-order valence-corrected chi connectivity index (χ0v) is 13.5. The summed E-state index contributed by atoms with van der Waals surface area (Å²) in [4.78, 5) is 12.5. The van der Waals surface area contributed by atoms with Crippen molar-refractivity contribution in [2.45, 2.75) is 66.2 Å². The summed E-state index contributed by atoms with van der Waals surface area (Å²) in [7, 11) is 0. The van der Waals surface area contributed by atoms with E-state index in [1.807, 2.05) is 0 Å². The second kappa shape index (κ2) is 15.2. The number of carbonyl (C=O) groups excluding carboxylic acids is 1. The standard InChI is InChI=1S/C12H27N.C4H7NO/c1-4-7-10-13(11-8-5-2)12-9-6-3;1-3(2)4(5)6/h4-12H2,1-3H3;1H2,2H3,(H2,5,6). The molecule has 0 aromatic rings. The Balaban J connectivity index is 0. The van der Waals surface area contributed by atoms with Crippen molar-refractivity contribution in [3.8, 4) is 0 Å². The number of nitrogens with two attached hydrogens (primary N) is 1. The van der Waals surface area contributed by atoms with E-state index in [9.17, 15) is 4.79 Å². The number of rotatable bonds is 10. The molecule has 0 saturated carbocycles. The lowest BCUT2D eigenvalue weighted by Crippen LogP contribution is -2.27. The molecule has 3 heteroatoms. The Kier molecular flexibility index (Phi) is 16.4. The summed E-state index contributed by atoms with van der Waals surface area (Å²) >= 11 is 0. The fourth-order valence-electron chi connectivity index (χ4n) is 1.48. The summed E-state index contributed by atoms with van der Waals surface area (Å²) in [5.41, 5.74) is 5.09. The molecule has 0 rings (SSSR count). The Morgan fingerprint density at radius 2 is 1.21 bits per heavy atom. The molecule has 3 nitrogen and oxygen atoms in total. The van der Waals surface area contributed by atoms with E-state index in [-0.39, 0.29) is 0 Å². The molecule has 0 aromatic carbocycles. The van der Waals surface area contributed by atoms with Crippen LogP contribution < -0.4 is 5.73 Å². The Hall–Kier alpha value is -0.830. The van der Waals surface area contributed by atoms with Crippen LogP contribution in [0.4, 0.5) is 0 Å². The van der Waals surface area contributed by atoms with Crippen LogP contribution in [0.15, 0.2) is 12.2 Å². The summed E-state index contributed by atoms with van der Waals surface area (Å²) in [5, 5.41) is 0. The third-order valence-electron chi connectivity index (χ3n) is 2.90. The largest absolute Gasteiger partial charge is 0.366 e. The molecule has 0 aliphatic rings. The Labute approximate surface area is 120 Å². The number of amides is 1. The number of nitrogens with zero attached hydrogens (tertiary/aromatic N) is 1. The molecule has 1 amide bonds. The highest BCUT2D eigenvalue weighted by Gasteiger charge is 2.01. The average molecular weight is 270 g/mol. The molecule has 0 heterocycles. The first kappa shape index (κ1) is 20.5. The van der Waals surface area contributed by atoms with Crippen LogP contribution >= 0.6 is 0 Å². The Morgan fingerprint density at radius 3 is 1.37 bits per heavy atom. The minimum absolute atomic E-state index is 0.398. The van der Waals surface area contributed by atoms with Gasteiger partial charge in [-0.3, -0.25) is 4.79 Å². The molecular weight excluding hydrogens is 236 g/mol. The van der Waals surface area contributed by atoms with Crippen LogP contribution in [-0.4, -0.2) is 30.4 Å². The highest BCUT2D eigenvalue weighted by atomic mass is 16.1. The third-order valence-corrected chi connectivity index (χ3v) is 2.90. The van der Waals surface area contributed by atoms with Gasteiger partial charge in [0.2, 0.25) is 5.91 Å². The van der Waals surface area contributed by atoms with Crippen molar-refractivity contribution in [2.75, 3.05) is 19.6 Å². The first-order chi connectivity index (χ1) is 8.99. The van der Waals surface area contributed by atoms with Gasteiger partial charge in [0.05, 0.1) is 0 Å².